The van der Waals surface area contributed by atoms with Gasteiger partial charge in [0, 0.05) is 24.9 Å². The zero-order valence-electron chi connectivity index (χ0n) is 16.3. The number of ether oxygens (including phenoxy) is 1. The molecule has 2 heterocycles. The largest absolute Gasteiger partial charge is 0.367 e. The number of fused-ring (bicyclic) bond motifs is 1. The highest BCUT2D eigenvalue weighted by Crippen LogP contribution is 2.25. The second-order valence-corrected chi connectivity index (χ2v) is 7.27. The van der Waals surface area contributed by atoms with Crippen LogP contribution in [0.2, 0.25) is 0 Å². The summed E-state index contributed by atoms with van der Waals surface area (Å²) in [5.41, 5.74) is 2.22. The van der Waals surface area contributed by atoms with E-state index in [0.29, 0.717) is 18.8 Å². The number of hydrogen-bond acceptors (Lipinski definition) is 4. The Morgan fingerprint density at radius 3 is 2.72 bits per heavy atom. The molecule has 0 saturated carbocycles. The molecule has 2 amide bonds. The Bertz CT molecular complexity index is 1000. The third-order valence-electron chi connectivity index (χ3n) is 5.09. The van der Waals surface area contributed by atoms with Crippen molar-refractivity contribution in [2.75, 3.05) is 19.6 Å². The first-order valence-corrected chi connectivity index (χ1v) is 9.81. The van der Waals surface area contributed by atoms with E-state index in [1.165, 1.54) is 0 Å². The number of H-pyrrole nitrogens is 1. The van der Waals surface area contributed by atoms with E-state index < -0.39 is 0 Å². The van der Waals surface area contributed by atoms with Gasteiger partial charge in [-0.15, -0.1) is 0 Å². The molecule has 0 spiro atoms. The lowest BCUT2D eigenvalue weighted by Crippen LogP contribution is -2.46. The van der Waals surface area contributed by atoms with Crippen molar-refractivity contribution in [3.8, 4) is 0 Å². The number of carbonyl (C=O) groups is 2. The number of rotatable bonds is 5. The minimum absolute atomic E-state index is 0.00765. The molecule has 4 rings (SSSR count). The molecule has 29 heavy (non-hydrogen) atoms. The van der Waals surface area contributed by atoms with Crippen LogP contribution >= 0.6 is 0 Å². The van der Waals surface area contributed by atoms with Crippen molar-refractivity contribution >= 4 is 22.7 Å². The van der Waals surface area contributed by atoms with Crippen LogP contribution in [0.4, 0.5) is 0 Å². The third kappa shape index (κ3) is 4.30. The molecule has 2 unspecified atom stereocenters. The molecule has 0 bridgehead atoms. The molecule has 1 aliphatic heterocycles. The van der Waals surface area contributed by atoms with Crippen LogP contribution in [0, 0.1) is 0 Å². The summed E-state index contributed by atoms with van der Waals surface area (Å²) in [4.78, 5) is 26.9. The van der Waals surface area contributed by atoms with Gasteiger partial charge in [0.2, 0.25) is 5.91 Å². The number of carbonyl (C=O) groups excluding carboxylic acids is 2. The highest BCUT2D eigenvalue weighted by Gasteiger charge is 2.29. The topological polar surface area (TPSA) is 87.3 Å². The molecular weight excluding hydrogens is 368 g/mol. The average Bonchev–Trinajstić information content (AvgIpc) is 3.18. The Morgan fingerprint density at radius 2 is 1.90 bits per heavy atom. The zero-order valence-corrected chi connectivity index (χ0v) is 16.3. The maximum atomic E-state index is 12.7. The lowest BCUT2D eigenvalue weighted by atomic mass is 10.1. The van der Waals surface area contributed by atoms with E-state index in [-0.39, 0.29) is 37.0 Å². The number of hydrogen-bond donors (Lipinski definition) is 2. The molecule has 1 aromatic heterocycles. The summed E-state index contributed by atoms with van der Waals surface area (Å²) < 4.78 is 6.01. The predicted octanol–water partition coefficient (Wildman–Crippen LogP) is 2.67. The van der Waals surface area contributed by atoms with E-state index in [2.05, 4.69) is 15.5 Å². The highest BCUT2D eigenvalue weighted by molar-refractivity contribution is 6.04. The first-order valence-electron chi connectivity index (χ1n) is 9.81. The van der Waals surface area contributed by atoms with Crippen molar-refractivity contribution in [2.24, 2.45) is 0 Å². The van der Waals surface area contributed by atoms with Crippen molar-refractivity contribution in [1.29, 1.82) is 0 Å². The van der Waals surface area contributed by atoms with Gasteiger partial charge in [-0.2, -0.15) is 5.10 Å². The van der Waals surface area contributed by atoms with Crippen molar-refractivity contribution in [2.45, 2.75) is 25.6 Å². The normalized spacial score (nSPS) is 19.3. The Hall–Kier alpha value is -3.19. The fraction of sp³-hybridized carbons (Fsp3) is 0.318. The second kappa shape index (κ2) is 8.45. The van der Waals surface area contributed by atoms with Crippen molar-refractivity contribution in [3.05, 3.63) is 65.9 Å². The molecule has 7 heteroatoms. The van der Waals surface area contributed by atoms with Crippen LogP contribution < -0.4 is 5.32 Å². The van der Waals surface area contributed by atoms with Crippen molar-refractivity contribution in [3.63, 3.8) is 0 Å². The zero-order chi connectivity index (χ0) is 20.2. The average molecular weight is 392 g/mol. The Labute approximate surface area is 169 Å². The molecule has 2 N–H and O–H groups in total. The first-order chi connectivity index (χ1) is 14.1. The van der Waals surface area contributed by atoms with Gasteiger partial charge >= 0.3 is 0 Å². The number of amides is 2. The Balaban J connectivity index is 1.32. The molecule has 7 nitrogen and oxygen atoms in total. The van der Waals surface area contributed by atoms with Crippen molar-refractivity contribution in [1.82, 2.24) is 20.4 Å². The van der Waals surface area contributed by atoms with Crippen LogP contribution in [0.3, 0.4) is 0 Å². The molecule has 0 aliphatic carbocycles. The number of aromatic nitrogens is 2. The summed E-state index contributed by atoms with van der Waals surface area (Å²) in [6.45, 7) is 3.31. The summed E-state index contributed by atoms with van der Waals surface area (Å²) in [6.07, 6.45) is 0.0688. The SMILES string of the molecule is CC1CN(C(=O)CCNC(=O)c2n[nH]c3ccccc23)CC(c2ccccc2)O1. The van der Waals surface area contributed by atoms with Gasteiger partial charge in [0.1, 0.15) is 6.10 Å². The highest BCUT2D eigenvalue weighted by atomic mass is 16.5. The monoisotopic (exact) mass is 392 g/mol. The lowest BCUT2D eigenvalue weighted by molar-refractivity contribution is -0.144. The summed E-state index contributed by atoms with van der Waals surface area (Å²) in [5, 5.41) is 10.5. The quantitative estimate of drug-likeness (QED) is 0.699. The summed E-state index contributed by atoms with van der Waals surface area (Å²) in [6, 6.07) is 17.4. The molecule has 0 radical (unpaired) electrons. The molecule has 2 aromatic carbocycles. The number of aromatic amines is 1. The summed E-state index contributed by atoms with van der Waals surface area (Å²) in [7, 11) is 0. The maximum Gasteiger partial charge on any atom is 0.272 e. The van der Waals surface area contributed by atoms with Gasteiger partial charge < -0.3 is 15.0 Å². The van der Waals surface area contributed by atoms with Gasteiger partial charge in [-0.3, -0.25) is 14.7 Å². The molecule has 1 aliphatic rings. The van der Waals surface area contributed by atoms with E-state index in [1.807, 2.05) is 66.4 Å². The van der Waals surface area contributed by atoms with E-state index in [9.17, 15) is 9.59 Å². The van der Waals surface area contributed by atoms with E-state index in [0.717, 1.165) is 16.5 Å². The fourth-order valence-electron chi connectivity index (χ4n) is 3.67. The third-order valence-corrected chi connectivity index (χ3v) is 5.09. The smallest absolute Gasteiger partial charge is 0.272 e. The number of para-hydroxylation sites is 1. The van der Waals surface area contributed by atoms with Gasteiger partial charge in [0.25, 0.3) is 5.91 Å². The lowest BCUT2D eigenvalue weighted by Gasteiger charge is -2.37. The maximum absolute atomic E-state index is 12.7. The predicted molar refractivity (Wildman–Crippen MR) is 109 cm³/mol. The Morgan fingerprint density at radius 1 is 1.14 bits per heavy atom. The summed E-state index contributed by atoms with van der Waals surface area (Å²) in [5.74, 6) is -0.277. The minimum Gasteiger partial charge on any atom is -0.367 e. The minimum atomic E-state index is -0.284. The van der Waals surface area contributed by atoms with E-state index in [1.54, 1.807) is 0 Å². The van der Waals surface area contributed by atoms with Crippen molar-refractivity contribution < 1.29 is 14.3 Å². The molecule has 2 atom stereocenters. The molecule has 1 fully saturated rings. The number of morpholine rings is 1. The number of benzene rings is 2. The van der Waals surface area contributed by atoms with Crippen LogP contribution in [0.15, 0.2) is 54.6 Å². The van der Waals surface area contributed by atoms with Gasteiger partial charge in [-0.05, 0) is 18.6 Å². The van der Waals surface area contributed by atoms with E-state index in [4.69, 9.17) is 4.74 Å². The molecule has 150 valence electrons. The number of nitrogens with one attached hydrogen (secondary N) is 2. The summed E-state index contributed by atoms with van der Waals surface area (Å²) >= 11 is 0. The van der Waals surface area contributed by atoms with Crippen LogP contribution in [-0.4, -0.2) is 52.6 Å². The van der Waals surface area contributed by atoms with E-state index >= 15 is 0 Å². The van der Waals surface area contributed by atoms with Gasteiger partial charge in [-0.25, -0.2) is 0 Å². The molecule has 1 saturated heterocycles. The standard InChI is InChI=1S/C22H24N4O3/c1-15-13-26(14-19(29-15)16-7-3-2-4-8-16)20(27)11-12-23-22(28)21-17-9-5-6-10-18(17)24-25-21/h2-10,15,19H,11-14H2,1H3,(H,23,28)(H,24,25). The fourth-order valence-corrected chi connectivity index (χ4v) is 3.67. The molecular formula is C22H24N4O3. The van der Waals surface area contributed by atoms with Gasteiger partial charge in [-0.1, -0.05) is 48.5 Å². The van der Waals surface area contributed by atoms with Crippen LogP contribution in [-0.2, 0) is 9.53 Å². The van der Waals surface area contributed by atoms with Crippen LogP contribution in [0.1, 0.15) is 35.5 Å². The van der Waals surface area contributed by atoms with Gasteiger partial charge in [0.15, 0.2) is 5.69 Å². The second-order valence-electron chi connectivity index (χ2n) is 7.27. The van der Waals surface area contributed by atoms with Gasteiger partial charge in [0.05, 0.1) is 18.2 Å². The Kier molecular flexibility index (Phi) is 5.57. The van der Waals surface area contributed by atoms with Crippen LogP contribution in [0.25, 0.3) is 10.9 Å². The molecule has 3 aromatic rings. The van der Waals surface area contributed by atoms with Crippen LogP contribution in [0.5, 0.6) is 0 Å². The number of nitrogens with zero attached hydrogens (tertiary/aromatic N) is 2. The first kappa shape index (κ1) is 19.1.